The molecule has 1 aliphatic rings. The smallest absolute Gasteiger partial charge is 0.254 e. The molecule has 0 saturated heterocycles. The van der Waals surface area contributed by atoms with Gasteiger partial charge in [-0.25, -0.2) is 13.4 Å². The summed E-state index contributed by atoms with van der Waals surface area (Å²) in [5.74, 6) is 0. The normalized spacial score (nSPS) is 16.9. The summed E-state index contributed by atoms with van der Waals surface area (Å²) in [5, 5.41) is 0.308. The summed E-state index contributed by atoms with van der Waals surface area (Å²) in [6, 6.07) is 0.178. The Morgan fingerprint density at radius 3 is 2.56 bits per heavy atom. The van der Waals surface area contributed by atoms with Crippen LogP contribution in [0.5, 0.6) is 0 Å². The molecule has 5 nitrogen and oxygen atoms in total. The Kier molecular flexibility index (Phi) is 2.93. The van der Waals surface area contributed by atoms with Gasteiger partial charge in [-0.3, -0.25) is 0 Å². The molecule has 2 rings (SSSR count). The minimum Gasteiger partial charge on any atom is -0.375 e. The molecule has 0 atom stereocenters. The van der Waals surface area contributed by atoms with E-state index < -0.39 is 10.0 Å². The van der Waals surface area contributed by atoms with Crippen molar-refractivity contribution < 1.29 is 8.42 Å². The number of hydrogen-bond donors (Lipinski definition) is 1. The minimum atomic E-state index is -3.39. The number of rotatable bonds is 4. The van der Waals surface area contributed by atoms with E-state index in [2.05, 4.69) is 4.98 Å². The van der Waals surface area contributed by atoms with Gasteiger partial charge in [-0.15, -0.1) is 0 Å². The fourth-order valence-electron chi connectivity index (χ4n) is 1.74. The van der Waals surface area contributed by atoms with E-state index in [4.69, 9.17) is 5.73 Å². The van der Waals surface area contributed by atoms with Gasteiger partial charge in [0, 0.05) is 12.6 Å². The molecule has 1 aromatic rings. The van der Waals surface area contributed by atoms with E-state index >= 15 is 0 Å². The summed E-state index contributed by atoms with van der Waals surface area (Å²) < 4.78 is 26.5. The van der Waals surface area contributed by atoms with Crippen molar-refractivity contribution in [1.29, 1.82) is 0 Å². The third-order valence-corrected chi connectivity index (χ3v) is 6.18. The van der Waals surface area contributed by atoms with Crippen LogP contribution in [-0.2, 0) is 10.0 Å². The summed E-state index contributed by atoms with van der Waals surface area (Å²) >= 11 is 1.05. The van der Waals surface area contributed by atoms with Crippen LogP contribution in [0, 0.1) is 6.92 Å². The molecule has 0 spiro atoms. The van der Waals surface area contributed by atoms with Gasteiger partial charge in [-0.2, -0.15) is 4.31 Å². The molecule has 2 N–H and O–H groups in total. The SMILES string of the molecule is CCN(C1CC1)S(=O)(=O)c1sc(N)nc1C. The van der Waals surface area contributed by atoms with Gasteiger partial charge < -0.3 is 5.73 Å². The number of aryl methyl sites for hydroxylation is 1. The van der Waals surface area contributed by atoms with E-state index in [1.807, 2.05) is 6.92 Å². The number of hydrogen-bond acceptors (Lipinski definition) is 5. The summed E-state index contributed by atoms with van der Waals surface area (Å²) in [5.41, 5.74) is 6.04. The summed E-state index contributed by atoms with van der Waals surface area (Å²) in [7, 11) is -3.39. The molecule has 0 radical (unpaired) electrons. The van der Waals surface area contributed by atoms with Gasteiger partial charge in [0.1, 0.15) is 0 Å². The summed E-state index contributed by atoms with van der Waals surface area (Å²) in [6.45, 7) is 4.04. The highest BCUT2D eigenvalue weighted by Gasteiger charge is 2.38. The Bertz CT molecular complexity index is 491. The van der Waals surface area contributed by atoms with Gasteiger partial charge in [-0.05, 0) is 19.8 Å². The van der Waals surface area contributed by atoms with Crippen LogP contribution in [0.3, 0.4) is 0 Å². The molecule has 0 amide bonds. The van der Waals surface area contributed by atoms with Crippen LogP contribution < -0.4 is 5.73 Å². The number of nitrogen functional groups attached to an aromatic ring is 1. The first-order valence-corrected chi connectivity index (χ1v) is 7.47. The molecule has 7 heteroatoms. The Morgan fingerprint density at radius 2 is 2.19 bits per heavy atom. The molecule has 1 aliphatic carbocycles. The van der Waals surface area contributed by atoms with Crippen molar-refractivity contribution in [2.45, 2.75) is 36.9 Å². The first-order valence-electron chi connectivity index (χ1n) is 5.21. The van der Waals surface area contributed by atoms with Gasteiger partial charge >= 0.3 is 0 Å². The lowest BCUT2D eigenvalue weighted by Crippen LogP contribution is -2.32. The minimum absolute atomic E-state index is 0.178. The number of nitrogens with zero attached hydrogens (tertiary/aromatic N) is 2. The largest absolute Gasteiger partial charge is 0.375 e. The molecule has 1 fully saturated rings. The first-order chi connectivity index (χ1) is 7.46. The molecular formula is C9H15N3O2S2. The van der Waals surface area contributed by atoms with E-state index in [1.165, 1.54) is 0 Å². The van der Waals surface area contributed by atoms with Crippen LogP contribution in [0.15, 0.2) is 4.21 Å². The lowest BCUT2D eigenvalue weighted by Gasteiger charge is -2.18. The number of anilines is 1. The maximum Gasteiger partial charge on any atom is 0.254 e. The Balaban J connectivity index is 2.40. The molecule has 1 heterocycles. The molecule has 16 heavy (non-hydrogen) atoms. The van der Waals surface area contributed by atoms with Crippen LogP contribution in [-0.4, -0.2) is 30.3 Å². The van der Waals surface area contributed by atoms with Crippen molar-refractivity contribution in [1.82, 2.24) is 9.29 Å². The van der Waals surface area contributed by atoms with Crippen molar-refractivity contribution in [2.24, 2.45) is 0 Å². The third-order valence-electron chi connectivity index (χ3n) is 2.58. The van der Waals surface area contributed by atoms with Crippen molar-refractivity contribution in [3.05, 3.63) is 5.69 Å². The Morgan fingerprint density at radius 1 is 1.56 bits per heavy atom. The van der Waals surface area contributed by atoms with Crippen molar-refractivity contribution in [2.75, 3.05) is 12.3 Å². The Hall–Kier alpha value is -0.660. The maximum absolute atomic E-state index is 12.3. The number of aromatic nitrogens is 1. The van der Waals surface area contributed by atoms with Gasteiger partial charge in [0.2, 0.25) is 0 Å². The van der Waals surface area contributed by atoms with Gasteiger partial charge in [0.05, 0.1) is 5.69 Å². The molecule has 0 aromatic carbocycles. The van der Waals surface area contributed by atoms with E-state index in [1.54, 1.807) is 11.2 Å². The monoisotopic (exact) mass is 261 g/mol. The van der Waals surface area contributed by atoms with Crippen molar-refractivity contribution in [3.8, 4) is 0 Å². The molecule has 1 aromatic heterocycles. The third kappa shape index (κ3) is 1.94. The lowest BCUT2D eigenvalue weighted by atomic mass is 10.6. The highest BCUT2D eigenvalue weighted by molar-refractivity contribution is 7.91. The predicted molar refractivity (Wildman–Crippen MR) is 63.9 cm³/mol. The summed E-state index contributed by atoms with van der Waals surface area (Å²) in [4.78, 5) is 3.96. The number of thiazole rings is 1. The van der Waals surface area contributed by atoms with Crippen LogP contribution in [0.1, 0.15) is 25.5 Å². The van der Waals surface area contributed by atoms with Gasteiger partial charge in [-0.1, -0.05) is 18.3 Å². The topological polar surface area (TPSA) is 76.3 Å². The molecule has 0 aliphatic heterocycles. The molecule has 0 bridgehead atoms. The Labute approximate surface area is 99.3 Å². The second-order valence-electron chi connectivity index (χ2n) is 3.86. The molecule has 1 saturated carbocycles. The van der Waals surface area contributed by atoms with Crippen LogP contribution in [0.4, 0.5) is 5.13 Å². The molecule has 0 unspecified atom stereocenters. The molecule has 90 valence electrons. The highest BCUT2D eigenvalue weighted by atomic mass is 32.2. The van der Waals surface area contributed by atoms with Crippen LogP contribution >= 0.6 is 11.3 Å². The van der Waals surface area contributed by atoms with Crippen molar-refractivity contribution in [3.63, 3.8) is 0 Å². The van der Waals surface area contributed by atoms with Crippen LogP contribution in [0.2, 0.25) is 0 Å². The van der Waals surface area contributed by atoms with E-state index in [0.717, 1.165) is 24.2 Å². The van der Waals surface area contributed by atoms with Gasteiger partial charge in [0.25, 0.3) is 10.0 Å². The number of nitrogens with two attached hydrogens (primary N) is 1. The predicted octanol–water partition coefficient (Wildman–Crippen LogP) is 1.21. The van der Waals surface area contributed by atoms with Crippen molar-refractivity contribution >= 4 is 26.5 Å². The average molecular weight is 261 g/mol. The van der Waals surface area contributed by atoms with E-state index in [9.17, 15) is 8.42 Å². The quantitative estimate of drug-likeness (QED) is 0.883. The lowest BCUT2D eigenvalue weighted by molar-refractivity contribution is 0.422. The molecular weight excluding hydrogens is 246 g/mol. The maximum atomic E-state index is 12.3. The fourth-order valence-corrected chi connectivity index (χ4v) is 4.84. The first kappa shape index (κ1) is 11.8. The van der Waals surface area contributed by atoms with E-state index in [0.29, 0.717) is 21.6 Å². The second kappa shape index (κ2) is 3.97. The second-order valence-corrected chi connectivity index (χ2v) is 6.98. The van der Waals surface area contributed by atoms with Gasteiger partial charge in [0.15, 0.2) is 9.34 Å². The highest BCUT2D eigenvalue weighted by Crippen LogP contribution is 2.35. The fraction of sp³-hybridized carbons (Fsp3) is 0.667. The zero-order chi connectivity index (χ0) is 11.9. The van der Waals surface area contributed by atoms with Crippen LogP contribution in [0.25, 0.3) is 0 Å². The zero-order valence-electron chi connectivity index (χ0n) is 9.30. The average Bonchev–Trinajstić information content (AvgIpc) is 2.93. The zero-order valence-corrected chi connectivity index (χ0v) is 10.9. The summed E-state index contributed by atoms with van der Waals surface area (Å²) in [6.07, 6.45) is 1.92. The van der Waals surface area contributed by atoms with E-state index in [-0.39, 0.29) is 6.04 Å². The number of sulfonamides is 1. The standard InChI is InChI=1S/C9H15N3O2S2/c1-3-12(7-4-5-7)16(13,14)8-6(2)11-9(10)15-8/h7H,3-5H2,1-2H3,(H2,10,11).